The number of rotatable bonds is 4. The molecule has 9 heteroatoms. The number of hydrogen-bond acceptors (Lipinski definition) is 4. The van der Waals surface area contributed by atoms with Gasteiger partial charge in [-0.3, -0.25) is 9.59 Å². The number of ether oxygens (including phenoxy) is 1. The van der Waals surface area contributed by atoms with Gasteiger partial charge in [0, 0.05) is 11.3 Å². The highest BCUT2D eigenvalue weighted by Crippen LogP contribution is 2.40. The first kappa shape index (κ1) is 19.1. The van der Waals surface area contributed by atoms with Crippen LogP contribution in [-0.4, -0.2) is 24.2 Å². The minimum atomic E-state index is -4.49. The third-order valence-corrected chi connectivity index (χ3v) is 5.15. The summed E-state index contributed by atoms with van der Waals surface area (Å²) in [7, 11) is 1.47. The average molecular weight is 396 g/mol. The predicted octanol–water partition coefficient (Wildman–Crippen LogP) is 4.16. The van der Waals surface area contributed by atoms with E-state index in [2.05, 4.69) is 10.6 Å². The van der Waals surface area contributed by atoms with Crippen molar-refractivity contribution in [2.75, 3.05) is 17.7 Å². The monoisotopic (exact) mass is 396 g/mol. The van der Waals surface area contributed by atoms with Crippen molar-refractivity contribution < 1.29 is 27.5 Å². The topological polar surface area (TPSA) is 67.4 Å². The second-order valence-electron chi connectivity index (χ2n) is 5.76. The number of thioether (sulfide) groups is 1. The van der Waals surface area contributed by atoms with Crippen LogP contribution in [0.4, 0.5) is 24.5 Å². The van der Waals surface area contributed by atoms with Crippen LogP contribution in [0.3, 0.4) is 0 Å². The Bertz CT molecular complexity index is 886. The molecule has 0 saturated carbocycles. The Morgan fingerprint density at radius 2 is 2.00 bits per heavy atom. The van der Waals surface area contributed by atoms with Gasteiger partial charge >= 0.3 is 6.18 Å². The van der Waals surface area contributed by atoms with Gasteiger partial charge < -0.3 is 15.4 Å². The molecule has 0 saturated heterocycles. The Morgan fingerprint density at radius 3 is 2.70 bits per heavy atom. The zero-order valence-electron chi connectivity index (χ0n) is 14.1. The number of alkyl halides is 3. The maximum Gasteiger partial charge on any atom is 0.416 e. The molecule has 0 bridgehead atoms. The minimum absolute atomic E-state index is 0.0983. The van der Waals surface area contributed by atoms with E-state index in [1.54, 1.807) is 24.3 Å². The quantitative estimate of drug-likeness (QED) is 0.815. The molecule has 1 aliphatic heterocycles. The largest absolute Gasteiger partial charge is 0.495 e. The zero-order valence-corrected chi connectivity index (χ0v) is 14.9. The van der Waals surface area contributed by atoms with Gasteiger partial charge in [-0.1, -0.05) is 12.1 Å². The van der Waals surface area contributed by atoms with Crippen LogP contribution in [0.5, 0.6) is 5.75 Å². The van der Waals surface area contributed by atoms with E-state index in [0.717, 1.165) is 23.9 Å². The summed E-state index contributed by atoms with van der Waals surface area (Å²) in [5.41, 5.74) is -0.267. The fraction of sp³-hybridized carbons (Fsp3) is 0.222. The van der Waals surface area contributed by atoms with Gasteiger partial charge in [-0.15, -0.1) is 11.8 Å². The first-order valence-corrected chi connectivity index (χ1v) is 8.77. The van der Waals surface area contributed by atoms with Gasteiger partial charge in [-0.25, -0.2) is 0 Å². The standard InChI is InChI=1S/C18H15F3N2O3S/c1-26-13-5-3-2-4-11(13)22-16(24)9-15-17(25)23-12-8-10(18(19,20)21)6-7-14(12)27-15/h2-8,15H,9H2,1H3,(H,22,24)(H,23,25)/t15-/m1/s1. The molecule has 3 rings (SSSR count). The normalized spacial score (nSPS) is 16.3. The van der Waals surface area contributed by atoms with Crippen molar-refractivity contribution in [1.82, 2.24) is 0 Å². The lowest BCUT2D eigenvalue weighted by atomic mass is 10.1. The van der Waals surface area contributed by atoms with Crippen LogP contribution < -0.4 is 15.4 Å². The molecule has 1 atom stereocenters. The van der Waals surface area contributed by atoms with Gasteiger partial charge in [0.25, 0.3) is 0 Å². The van der Waals surface area contributed by atoms with Crippen LogP contribution in [0.1, 0.15) is 12.0 Å². The number of amides is 2. The van der Waals surface area contributed by atoms with Gasteiger partial charge in [0.1, 0.15) is 5.75 Å². The fourth-order valence-corrected chi connectivity index (χ4v) is 3.67. The molecule has 0 fully saturated rings. The Kier molecular flexibility index (Phi) is 5.31. The first-order chi connectivity index (χ1) is 12.8. The Hall–Kier alpha value is -2.68. The summed E-state index contributed by atoms with van der Waals surface area (Å²) < 4.78 is 43.5. The van der Waals surface area contributed by atoms with Gasteiger partial charge in [-0.2, -0.15) is 13.2 Å². The lowest BCUT2D eigenvalue weighted by Gasteiger charge is -2.24. The molecule has 2 aromatic carbocycles. The van der Waals surface area contributed by atoms with E-state index in [1.165, 1.54) is 13.2 Å². The highest BCUT2D eigenvalue weighted by Gasteiger charge is 2.34. The Labute approximate surface area is 157 Å². The van der Waals surface area contributed by atoms with Crippen LogP contribution in [0.15, 0.2) is 47.4 Å². The number of hydrogen-bond donors (Lipinski definition) is 2. The molecule has 1 aliphatic rings. The summed E-state index contributed by atoms with van der Waals surface area (Å²) in [5.74, 6) is -0.430. The average Bonchev–Trinajstić information content (AvgIpc) is 2.61. The summed E-state index contributed by atoms with van der Waals surface area (Å²) in [6.45, 7) is 0. The Morgan fingerprint density at radius 1 is 1.26 bits per heavy atom. The number of anilines is 2. The number of methoxy groups -OCH3 is 1. The lowest BCUT2D eigenvalue weighted by Crippen LogP contribution is -2.32. The van der Waals surface area contributed by atoms with Crippen molar-refractivity contribution in [2.24, 2.45) is 0 Å². The maximum absolute atomic E-state index is 12.8. The summed E-state index contributed by atoms with van der Waals surface area (Å²) in [6.07, 6.45) is -4.62. The zero-order chi connectivity index (χ0) is 19.6. The molecule has 0 spiro atoms. The molecule has 0 aliphatic carbocycles. The van der Waals surface area contributed by atoms with Gasteiger partial charge in [0.2, 0.25) is 11.8 Å². The molecule has 2 N–H and O–H groups in total. The summed E-state index contributed by atoms with van der Waals surface area (Å²) in [4.78, 5) is 25.0. The van der Waals surface area contributed by atoms with Crippen molar-refractivity contribution >= 4 is 35.0 Å². The number of para-hydroxylation sites is 2. The molecule has 27 heavy (non-hydrogen) atoms. The van der Waals surface area contributed by atoms with Gasteiger partial charge in [-0.05, 0) is 30.3 Å². The second-order valence-corrected chi connectivity index (χ2v) is 7.00. The molecule has 1 heterocycles. The van der Waals surface area contributed by atoms with E-state index in [4.69, 9.17) is 4.74 Å². The van der Waals surface area contributed by atoms with Crippen LogP contribution in [0, 0.1) is 0 Å². The number of carbonyl (C=O) groups excluding carboxylic acids is 2. The fourth-order valence-electron chi connectivity index (χ4n) is 2.58. The Balaban J connectivity index is 1.70. The SMILES string of the molecule is COc1ccccc1NC(=O)C[C@H]1Sc2ccc(C(F)(F)F)cc2NC1=O. The van der Waals surface area contributed by atoms with E-state index in [9.17, 15) is 22.8 Å². The van der Waals surface area contributed by atoms with Crippen molar-refractivity contribution in [2.45, 2.75) is 22.7 Å². The van der Waals surface area contributed by atoms with Crippen LogP contribution in [0.2, 0.25) is 0 Å². The smallest absolute Gasteiger partial charge is 0.416 e. The first-order valence-electron chi connectivity index (χ1n) is 7.89. The molecule has 0 aromatic heterocycles. The molecule has 0 radical (unpaired) electrons. The van der Waals surface area contributed by atoms with Crippen LogP contribution in [-0.2, 0) is 15.8 Å². The summed E-state index contributed by atoms with van der Waals surface area (Å²) in [5, 5.41) is 4.38. The third kappa shape index (κ3) is 4.36. The molecular formula is C18H15F3N2O3S. The molecule has 2 aromatic rings. The number of fused-ring (bicyclic) bond motifs is 1. The van der Waals surface area contributed by atoms with E-state index in [0.29, 0.717) is 16.3 Å². The summed E-state index contributed by atoms with van der Waals surface area (Å²) in [6, 6.07) is 9.98. The second kappa shape index (κ2) is 7.51. The molecule has 0 unspecified atom stereocenters. The van der Waals surface area contributed by atoms with E-state index in [1.807, 2.05) is 0 Å². The summed E-state index contributed by atoms with van der Waals surface area (Å²) >= 11 is 1.06. The minimum Gasteiger partial charge on any atom is -0.495 e. The highest BCUT2D eigenvalue weighted by molar-refractivity contribution is 8.01. The van der Waals surface area contributed by atoms with Gasteiger partial charge in [0.15, 0.2) is 0 Å². The number of nitrogens with one attached hydrogen (secondary N) is 2. The number of halogens is 3. The highest BCUT2D eigenvalue weighted by atomic mass is 32.2. The van der Waals surface area contributed by atoms with E-state index >= 15 is 0 Å². The number of carbonyl (C=O) groups is 2. The molecular weight excluding hydrogens is 381 g/mol. The predicted molar refractivity (Wildman–Crippen MR) is 96.0 cm³/mol. The van der Waals surface area contributed by atoms with Crippen LogP contribution in [0.25, 0.3) is 0 Å². The van der Waals surface area contributed by atoms with E-state index in [-0.39, 0.29) is 12.1 Å². The van der Waals surface area contributed by atoms with Crippen molar-refractivity contribution in [3.63, 3.8) is 0 Å². The van der Waals surface area contributed by atoms with Crippen molar-refractivity contribution in [3.05, 3.63) is 48.0 Å². The lowest BCUT2D eigenvalue weighted by molar-refractivity contribution is -0.137. The van der Waals surface area contributed by atoms with Crippen LogP contribution >= 0.6 is 11.8 Å². The van der Waals surface area contributed by atoms with Gasteiger partial charge in [0.05, 0.1) is 29.3 Å². The number of benzene rings is 2. The third-order valence-electron chi connectivity index (χ3n) is 3.88. The molecule has 142 valence electrons. The maximum atomic E-state index is 12.8. The molecule has 5 nitrogen and oxygen atoms in total. The van der Waals surface area contributed by atoms with Crippen molar-refractivity contribution in [3.8, 4) is 5.75 Å². The van der Waals surface area contributed by atoms with Crippen molar-refractivity contribution in [1.29, 1.82) is 0 Å². The molecule has 2 amide bonds. The van der Waals surface area contributed by atoms with E-state index < -0.39 is 28.8 Å².